The third-order valence-electron chi connectivity index (χ3n) is 6.34. The van der Waals surface area contributed by atoms with Crippen molar-refractivity contribution in [1.82, 2.24) is 4.90 Å². The summed E-state index contributed by atoms with van der Waals surface area (Å²) in [5.74, 6) is 0.158. The molecule has 0 amide bonds. The van der Waals surface area contributed by atoms with Gasteiger partial charge in [-0.2, -0.15) is 8.78 Å². The summed E-state index contributed by atoms with van der Waals surface area (Å²) in [5.41, 5.74) is 3.71. The van der Waals surface area contributed by atoms with E-state index < -0.39 is 21.7 Å². The van der Waals surface area contributed by atoms with Crippen molar-refractivity contribution in [3.05, 3.63) is 83.9 Å². The van der Waals surface area contributed by atoms with Crippen LogP contribution in [0.4, 0.5) is 8.78 Å². The van der Waals surface area contributed by atoms with Gasteiger partial charge in [0.25, 0.3) is 0 Å². The molecule has 8 heteroatoms. The van der Waals surface area contributed by atoms with Gasteiger partial charge in [0.2, 0.25) is 0 Å². The lowest BCUT2D eigenvalue weighted by molar-refractivity contribution is -0.0508. The minimum absolute atomic E-state index is 0.158. The number of nitrogens with zero attached hydrogens (tertiary/aromatic N) is 1. The predicted molar refractivity (Wildman–Crippen MR) is 131 cm³/mol. The van der Waals surface area contributed by atoms with Gasteiger partial charge in [0.15, 0.2) is 9.84 Å². The van der Waals surface area contributed by atoms with E-state index in [4.69, 9.17) is 4.74 Å². The summed E-state index contributed by atoms with van der Waals surface area (Å²) >= 11 is 0. The Morgan fingerprint density at radius 1 is 0.914 bits per heavy atom. The second-order valence-electron chi connectivity index (χ2n) is 8.66. The van der Waals surface area contributed by atoms with Crippen molar-refractivity contribution < 1.29 is 26.7 Å². The maximum atomic E-state index is 13.3. The molecule has 3 aromatic rings. The first kappa shape index (κ1) is 25.3. The summed E-state index contributed by atoms with van der Waals surface area (Å²) in [6, 6.07) is 21.7. The second kappa shape index (κ2) is 11.3. The van der Waals surface area contributed by atoms with Gasteiger partial charge < -0.3 is 9.47 Å². The summed E-state index contributed by atoms with van der Waals surface area (Å²) < 4.78 is 61.6. The number of hydrogen-bond donors (Lipinski definition) is 0. The molecule has 0 N–H and O–H groups in total. The molecule has 1 heterocycles. The number of piperidine rings is 1. The zero-order valence-corrected chi connectivity index (χ0v) is 20.4. The lowest BCUT2D eigenvalue weighted by atomic mass is 10.0. The summed E-state index contributed by atoms with van der Waals surface area (Å²) in [7, 11) is -1.81. The normalized spacial score (nSPS) is 15.4. The fourth-order valence-corrected chi connectivity index (χ4v) is 6.19. The minimum atomic E-state index is -3.46. The monoisotopic (exact) mass is 501 g/mol. The number of benzene rings is 3. The predicted octanol–water partition coefficient (Wildman–Crippen LogP) is 5.54. The fraction of sp³-hybridized carbons (Fsp3) is 0.333. The zero-order chi connectivity index (χ0) is 24.8. The second-order valence-corrected chi connectivity index (χ2v) is 10.9. The molecule has 3 aromatic carbocycles. The number of methoxy groups -OCH3 is 1. The Labute approximate surface area is 205 Å². The van der Waals surface area contributed by atoms with Gasteiger partial charge in [-0.1, -0.05) is 54.6 Å². The van der Waals surface area contributed by atoms with Gasteiger partial charge in [-0.3, -0.25) is 4.90 Å². The average molecular weight is 502 g/mol. The van der Waals surface area contributed by atoms with E-state index in [0.717, 1.165) is 16.7 Å². The van der Waals surface area contributed by atoms with Crippen LogP contribution in [0.2, 0.25) is 0 Å². The molecule has 0 saturated carbocycles. The number of rotatable bonds is 9. The van der Waals surface area contributed by atoms with Crippen LogP contribution in [-0.4, -0.2) is 45.4 Å². The lowest BCUT2D eigenvalue weighted by Gasteiger charge is -2.32. The molecule has 35 heavy (non-hydrogen) atoms. The molecule has 0 spiro atoms. The fourth-order valence-electron chi connectivity index (χ4n) is 4.45. The highest BCUT2D eigenvalue weighted by Crippen LogP contribution is 2.29. The Morgan fingerprint density at radius 3 is 2.11 bits per heavy atom. The Bertz CT molecular complexity index is 1210. The third-order valence-corrected chi connectivity index (χ3v) is 8.62. The summed E-state index contributed by atoms with van der Waals surface area (Å²) in [4.78, 5) is 2.40. The number of alkyl halides is 2. The average Bonchev–Trinajstić information content (AvgIpc) is 2.86. The van der Waals surface area contributed by atoms with Crippen molar-refractivity contribution in [2.45, 2.75) is 42.8 Å². The minimum Gasteiger partial charge on any atom is -0.434 e. The van der Waals surface area contributed by atoms with Gasteiger partial charge >= 0.3 is 6.61 Å². The van der Waals surface area contributed by atoms with Crippen LogP contribution in [-0.2, 0) is 27.7 Å². The van der Waals surface area contributed by atoms with Crippen molar-refractivity contribution in [2.75, 3.05) is 20.2 Å². The quantitative estimate of drug-likeness (QED) is 0.385. The smallest absolute Gasteiger partial charge is 0.387 e. The highest BCUT2D eigenvalue weighted by Gasteiger charge is 2.31. The number of hydrogen-bond acceptors (Lipinski definition) is 5. The van der Waals surface area contributed by atoms with E-state index in [2.05, 4.69) is 9.64 Å². The topological polar surface area (TPSA) is 55.8 Å². The van der Waals surface area contributed by atoms with E-state index in [1.165, 1.54) is 6.07 Å². The Hall–Kier alpha value is -2.81. The van der Waals surface area contributed by atoms with Crippen molar-refractivity contribution in [3.63, 3.8) is 0 Å². The van der Waals surface area contributed by atoms with Crippen molar-refractivity contribution in [2.24, 2.45) is 0 Å². The van der Waals surface area contributed by atoms with E-state index in [9.17, 15) is 17.2 Å². The molecule has 4 rings (SSSR count). The number of likely N-dealkylation sites (tertiary alicyclic amines) is 1. The highest BCUT2D eigenvalue weighted by atomic mass is 32.2. The van der Waals surface area contributed by atoms with Gasteiger partial charge in [0.1, 0.15) is 5.75 Å². The molecule has 1 aliphatic rings. The molecule has 0 radical (unpaired) electrons. The molecule has 5 nitrogen and oxygen atoms in total. The molecule has 0 aliphatic carbocycles. The maximum Gasteiger partial charge on any atom is 0.387 e. The van der Waals surface area contributed by atoms with Crippen LogP contribution < -0.4 is 4.74 Å². The first-order valence-electron chi connectivity index (χ1n) is 11.5. The number of sulfone groups is 1. The SMILES string of the molecule is COCc1ccc(-c2ccc(S(=O)(=O)C3CCN(Cc4ccccc4OC(F)F)CC3)cc2)cc1. The summed E-state index contributed by atoms with van der Waals surface area (Å²) in [6.07, 6.45) is 0.978. The van der Waals surface area contributed by atoms with Crippen molar-refractivity contribution >= 4 is 9.84 Å². The molecule has 0 atom stereocenters. The van der Waals surface area contributed by atoms with Crippen molar-refractivity contribution in [1.29, 1.82) is 0 Å². The van der Waals surface area contributed by atoms with Crippen LogP contribution in [0.3, 0.4) is 0 Å². The molecular formula is C27H29F2NO4S. The van der Waals surface area contributed by atoms with E-state index >= 15 is 0 Å². The van der Waals surface area contributed by atoms with Crippen molar-refractivity contribution in [3.8, 4) is 16.9 Å². The molecule has 1 saturated heterocycles. The Morgan fingerprint density at radius 2 is 1.51 bits per heavy atom. The lowest BCUT2D eigenvalue weighted by Crippen LogP contribution is -2.39. The van der Waals surface area contributed by atoms with Crippen LogP contribution in [0.5, 0.6) is 5.75 Å². The van der Waals surface area contributed by atoms with Gasteiger partial charge in [-0.05, 0) is 60.8 Å². The molecule has 0 bridgehead atoms. The van der Waals surface area contributed by atoms with Gasteiger partial charge in [-0.15, -0.1) is 0 Å². The molecule has 0 aromatic heterocycles. The van der Waals surface area contributed by atoms with E-state index in [0.29, 0.717) is 49.5 Å². The summed E-state index contributed by atoms with van der Waals surface area (Å²) in [5, 5.41) is -0.467. The standard InChI is InChI=1S/C27H29F2NO4S/c1-33-19-20-6-8-21(9-7-20)22-10-12-24(13-11-22)35(31,32)25-14-16-30(17-15-25)18-23-4-2-3-5-26(23)34-27(28)29/h2-13,25,27H,14-19H2,1H3. The Kier molecular flexibility index (Phi) is 8.15. The van der Waals surface area contributed by atoms with Gasteiger partial charge in [-0.25, -0.2) is 8.42 Å². The first-order valence-corrected chi connectivity index (χ1v) is 13.1. The van der Waals surface area contributed by atoms with Crippen LogP contribution in [0.15, 0.2) is 77.7 Å². The largest absolute Gasteiger partial charge is 0.434 e. The van der Waals surface area contributed by atoms with Crippen LogP contribution >= 0.6 is 0 Å². The number of ether oxygens (including phenoxy) is 2. The highest BCUT2D eigenvalue weighted by molar-refractivity contribution is 7.92. The third kappa shape index (κ3) is 6.25. The first-order chi connectivity index (χ1) is 16.9. The van der Waals surface area contributed by atoms with Gasteiger partial charge in [0, 0.05) is 19.2 Å². The number of para-hydroxylation sites is 1. The summed E-state index contributed by atoms with van der Waals surface area (Å²) in [6.45, 7) is -0.759. The molecule has 186 valence electrons. The van der Waals surface area contributed by atoms with Crippen LogP contribution in [0.1, 0.15) is 24.0 Å². The van der Waals surface area contributed by atoms with E-state index in [1.807, 2.05) is 36.4 Å². The maximum absolute atomic E-state index is 13.3. The molecule has 1 aliphatic heterocycles. The van der Waals surface area contributed by atoms with E-state index in [-0.39, 0.29) is 5.75 Å². The molecule has 1 fully saturated rings. The van der Waals surface area contributed by atoms with E-state index in [1.54, 1.807) is 37.4 Å². The molecular weight excluding hydrogens is 472 g/mol. The zero-order valence-electron chi connectivity index (χ0n) is 19.6. The van der Waals surface area contributed by atoms with Crippen LogP contribution in [0, 0.1) is 0 Å². The molecule has 0 unspecified atom stereocenters. The Balaban J connectivity index is 1.38. The van der Waals surface area contributed by atoms with Crippen LogP contribution in [0.25, 0.3) is 11.1 Å². The van der Waals surface area contributed by atoms with Gasteiger partial charge in [0.05, 0.1) is 16.8 Å². The number of halogens is 2.